The smallest absolute Gasteiger partial charge is 0.309 e. The van der Waals surface area contributed by atoms with Crippen LogP contribution in [0.3, 0.4) is 0 Å². The second-order valence-electron chi connectivity index (χ2n) is 8.95. The topological polar surface area (TPSA) is 75.6 Å². The monoisotopic (exact) mass is 511 g/mol. The normalized spacial score (nSPS) is 19.9. The second-order valence-corrected chi connectivity index (χ2v) is 9.77. The average molecular weight is 512 g/mol. The molecule has 7 heteroatoms. The Hall–Kier alpha value is -2.86. The van der Waals surface area contributed by atoms with Crippen LogP contribution in [0.4, 0.5) is 0 Å². The first-order valence-corrected chi connectivity index (χ1v) is 12.3. The summed E-state index contributed by atoms with van der Waals surface area (Å²) in [4.78, 5) is 24.5. The van der Waals surface area contributed by atoms with Gasteiger partial charge in [0.1, 0.15) is 0 Å². The number of benzene rings is 3. The highest BCUT2D eigenvalue weighted by molar-refractivity contribution is 6.42. The number of rotatable bonds is 7. The van der Waals surface area contributed by atoms with E-state index < -0.39 is 24.1 Å². The molecule has 1 aliphatic heterocycles. The number of esters is 1. The zero-order valence-electron chi connectivity index (χ0n) is 19.3. The van der Waals surface area contributed by atoms with E-state index in [-0.39, 0.29) is 24.8 Å². The minimum atomic E-state index is -0.996. The molecule has 1 heterocycles. The number of nitrogens with one attached hydrogen (secondary N) is 1. The molecule has 3 aromatic rings. The van der Waals surface area contributed by atoms with Gasteiger partial charge < -0.3 is 15.2 Å². The molecule has 1 saturated heterocycles. The van der Waals surface area contributed by atoms with Gasteiger partial charge in [0.15, 0.2) is 6.10 Å². The fourth-order valence-electron chi connectivity index (χ4n) is 4.26. The lowest BCUT2D eigenvalue weighted by atomic mass is 9.91. The molecule has 4 atom stereocenters. The first-order chi connectivity index (χ1) is 16.8. The van der Waals surface area contributed by atoms with Gasteiger partial charge in [0, 0.05) is 18.4 Å². The number of hydrogen-bond donors (Lipinski definition) is 2. The van der Waals surface area contributed by atoms with Gasteiger partial charge in [0.25, 0.3) is 5.91 Å². The van der Waals surface area contributed by atoms with E-state index in [0.29, 0.717) is 16.5 Å². The van der Waals surface area contributed by atoms with Crippen LogP contribution in [0.1, 0.15) is 30.9 Å². The Balaban J connectivity index is 1.54. The molecular weight excluding hydrogens is 485 g/mol. The van der Waals surface area contributed by atoms with Crippen LogP contribution >= 0.6 is 23.2 Å². The quantitative estimate of drug-likeness (QED) is 0.405. The van der Waals surface area contributed by atoms with E-state index >= 15 is 0 Å². The van der Waals surface area contributed by atoms with Gasteiger partial charge in [-0.2, -0.15) is 0 Å². The molecule has 2 N–H and O–H groups in total. The minimum Gasteiger partial charge on any atom is -0.452 e. The fourth-order valence-corrected chi connectivity index (χ4v) is 4.58. The Morgan fingerprint density at radius 1 is 1.11 bits per heavy atom. The summed E-state index contributed by atoms with van der Waals surface area (Å²) in [6, 6.07) is 19.6. The molecule has 0 aliphatic carbocycles. The van der Waals surface area contributed by atoms with Crippen molar-refractivity contribution in [1.82, 2.24) is 5.32 Å². The van der Waals surface area contributed by atoms with Gasteiger partial charge in [-0.15, -0.1) is 0 Å². The van der Waals surface area contributed by atoms with Crippen molar-refractivity contribution in [2.24, 2.45) is 5.92 Å². The second kappa shape index (κ2) is 11.3. The lowest BCUT2D eigenvalue weighted by Gasteiger charge is -2.28. The van der Waals surface area contributed by atoms with Crippen molar-refractivity contribution in [1.29, 1.82) is 0 Å². The van der Waals surface area contributed by atoms with Crippen LogP contribution in [0, 0.1) is 5.92 Å². The lowest BCUT2D eigenvalue weighted by Crippen LogP contribution is -2.48. The number of cyclic esters (lactones) is 1. The maximum absolute atomic E-state index is 12.8. The van der Waals surface area contributed by atoms with Crippen molar-refractivity contribution in [3.05, 3.63) is 87.9 Å². The van der Waals surface area contributed by atoms with Gasteiger partial charge in [-0.05, 0) is 53.4 Å². The molecule has 1 fully saturated rings. The van der Waals surface area contributed by atoms with Gasteiger partial charge in [-0.3, -0.25) is 9.59 Å². The van der Waals surface area contributed by atoms with Crippen LogP contribution in [0.25, 0.3) is 16.8 Å². The molecule has 0 spiro atoms. The predicted octanol–water partition coefficient (Wildman–Crippen LogP) is 5.59. The molecule has 0 saturated carbocycles. The van der Waals surface area contributed by atoms with Crippen LogP contribution in [0.15, 0.2) is 66.7 Å². The fraction of sp³-hybridized carbons (Fsp3) is 0.286. The Morgan fingerprint density at radius 3 is 2.63 bits per heavy atom. The highest BCUT2D eigenvalue weighted by Gasteiger charge is 2.33. The average Bonchev–Trinajstić information content (AvgIpc) is 2.83. The van der Waals surface area contributed by atoms with Crippen LogP contribution in [-0.4, -0.2) is 35.2 Å². The number of aliphatic hydroxyl groups is 1. The lowest BCUT2D eigenvalue weighted by molar-refractivity contribution is -0.166. The van der Waals surface area contributed by atoms with Crippen LogP contribution < -0.4 is 5.32 Å². The van der Waals surface area contributed by atoms with Crippen LogP contribution in [0.2, 0.25) is 10.0 Å². The number of ether oxygens (including phenoxy) is 1. The maximum atomic E-state index is 12.8. The molecule has 4 rings (SSSR count). The van der Waals surface area contributed by atoms with E-state index in [1.807, 2.05) is 37.3 Å². The van der Waals surface area contributed by atoms with Crippen molar-refractivity contribution in [2.45, 2.75) is 44.4 Å². The van der Waals surface area contributed by atoms with Gasteiger partial charge in [0.05, 0.1) is 22.6 Å². The third-order valence-corrected chi connectivity index (χ3v) is 6.97. The highest BCUT2D eigenvalue weighted by Crippen LogP contribution is 2.26. The number of aliphatic hydroxyl groups excluding tert-OH is 1. The first-order valence-electron chi connectivity index (χ1n) is 11.6. The molecule has 182 valence electrons. The SMILES string of the molecule is C[C@H](NC(=O)[C@@H]1C[C@@H](O)CC(=O)O1)[C@H](C=Cc1ccc2ccccc2c1)Cc1ccc(Cl)c(Cl)c1. The third kappa shape index (κ3) is 6.63. The molecule has 0 radical (unpaired) electrons. The molecule has 1 aliphatic rings. The van der Waals surface area contributed by atoms with E-state index in [1.165, 1.54) is 5.39 Å². The summed E-state index contributed by atoms with van der Waals surface area (Å²) in [5.41, 5.74) is 2.03. The summed E-state index contributed by atoms with van der Waals surface area (Å²) < 4.78 is 5.16. The summed E-state index contributed by atoms with van der Waals surface area (Å²) in [6.45, 7) is 1.91. The van der Waals surface area contributed by atoms with Crippen molar-refractivity contribution in [2.75, 3.05) is 0 Å². The number of carbonyl (C=O) groups excluding carboxylic acids is 2. The maximum Gasteiger partial charge on any atom is 0.309 e. The predicted molar refractivity (Wildman–Crippen MR) is 139 cm³/mol. The number of halogens is 2. The summed E-state index contributed by atoms with van der Waals surface area (Å²) in [7, 11) is 0. The van der Waals surface area contributed by atoms with Crippen LogP contribution in [0.5, 0.6) is 0 Å². The van der Waals surface area contributed by atoms with Crippen molar-refractivity contribution < 1.29 is 19.4 Å². The molecule has 5 nitrogen and oxygen atoms in total. The van der Waals surface area contributed by atoms with E-state index in [2.05, 4.69) is 41.7 Å². The van der Waals surface area contributed by atoms with E-state index in [0.717, 1.165) is 16.5 Å². The van der Waals surface area contributed by atoms with Gasteiger partial charge in [-0.1, -0.05) is 77.8 Å². The minimum absolute atomic E-state index is 0.0895. The van der Waals surface area contributed by atoms with Crippen molar-refractivity contribution >= 4 is 51.9 Å². The number of fused-ring (bicyclic) bond motifs is 1. The first kappa shape index (κ1) is 25.2. The number of amides is 1. The van der Waals surface area contributed by atoms with E-state index in [1.54, 1.807) is 6.07 Å². The summed E-state index contributed by atoms with van der Waals surface area (Å²) >= 11 is 12.3. The summed E-state index contributed by atoms with van der Waals surface area (Å²) in [5, 5.41) is 16.1. The zero-order chi connectivity index (χ0) is 24.9. The number of hydrogen-bond acceptors (Lipinski definition) is 4. The molecule has 35 heavy (non-hydrogen) atoms. The van der Waals surface area contributed by atoms with Gasteiger partial charge >= 0.3 is 5.97 Å². The summed E-state index contributed by atoms with van der Waals surface area (Å²) in [5.74, 6) is -1.07. The zero-order valence-corrected chi connectivity index (χ0v) is 20.8. The largest absolute Gasteiger partial charge is 0.452 e. The third-order valence-electron chi connectivity index (χ3n) is 6.23. The Morgan fingerprint density at radius 2 is 1.89 bits per heavy atom. The van der Waals surface area contributed by atoms with Gasteiger partial charge in [0.2, 0.25) is 0 Å². The Kier molecular flexibility index (Phi) is 8.11. The Labute approximate surface area is 214 Å². The molecule has 0 unspecified atom stereocenters. The molecule has 1 amide bonds. The standard InChI is InChI=1S/C28H27Cl2NO4/c1-17(31-28(34)26-15-23(32)16-27(33)35-26)21(13-19-8-11-24(29)25(30)14-19)10-7-18-6-9-20-4-2-3-5-22(20)12-18/h2-12,14,17,21,23,26,32H,13,15-16H2,1H3,(H,31,34)/t17-,21+,23+,26-/m0/s1. The summed E-state index contributed by atoms with van der Waals surface area (Å²) in [6.07, 6.45) is 2.85. The molecule has 3 aromatic carbocycles. The molecule has 0 bridgehead atoms. The Bertz CT molecular complexity index is 1260. The van der Waals surface area contributed by atoms with E-state index in [4.69, 9.17) is 27.9 Å². The van der Waals surface area contributed by atoms with Crippen molar-refractivity contribution in [3.63, 3.8) is 0 Å². The van der Waals surface area contributed by atoms with Crippen LogP contribution in [-0.2, 0) is 20.7 Å². The molecule has 0 aromatic heterocycles. The number of carbonyl (C=O) groups is 2. The van der Waals surface area contributed by atoms with E-state index in [9.17, 15) is 14.7 Å². The molecular formula is C28H27Cl2NO4. The van der Waals surface area contributed by atoms with Gasteiger partial charge in [-0.25, -0.2) is 0 Å². The highest BCUT2D eigenvalue weighted by atomic mass is 35.5. The van der Waals surface area contributed by atoms with Crippen molar-refractivity contribution in [3.8, 4) is 0 Å².